The van der Waals surface area contributed by atoms with Crippen molar-refractivity contribution < 1.29 is 17.9 Å². The Morgan fingerprint density at radius 3 is 2.61 bits per heavy atom. The monoisotopic (exact) mass is 456 g/mol. The van der Waals surface area contributed by atoms with E-state index in [-0.39, 0.29) is 27.3 Å². The van der Waals surface area contributed by atoms with Crippen molar-refractivity contribution in [1.82, 2.24) is 20.5 Å². The number of aromatic amines is 1. The number of H-pyrrole nitrogens is 1. The molecule has 0 aliphatic carbocycles. The molecule has 0 atom stereocenters. The Balaban J connectivity index is 1.47. The molecule has 0 saturated carbocycles. The van der Waals surface area contributed by atoms with Gasteiger partial charge >= 0.3 is 0 Å². The number of sulfone groups is 1. The van der Waals surface area contributed by atoms with Gasteiger partial charge < -0.3 is 10.1 Å². The van der Waals surface area contributed by atoms with Gasteiger partial charge in [0.2, 0.25) is 9.84 Å². The van der Waals surface area contributed by atoms with E-state index in [0.717, 1.165) is 10.9 Å². The summed E-state index contributed by atoms with van der Waals surface area (Å²) in [4.78, 5) is 16.7. The molecule has 10 heteroatoms. The number of hydrogen-bond acceptors (Lipinski definition) is 6. The number of aromatic nitrogens is 3. The highest BCUT2D eigenvalue weighted by atomic mass is 35.5. The van der Waals surface area contributed by atoms with Gasteiger partial charge in [0, 0.05) is 23.2 Å². The first-order chi connectivity index (χ1) is 14.9. The lowest BCUT2D eigenvalue weighted by Gasteiger charge is -2.09. The molecule has 2 N–H and O–H groups in total. The Bertz CT molecular complexity index is 1370. The van der Waals surface area contributed by atoms with Gasteiger partial charge in [-0.15, -0.1) is 0 Å². The Morgan fingerprint density at radius 1 is 1.10 bits per heavy atom. The quantitative estimate of drug-likeness (QED) is 0.459. The standard InChI is InChI=1S/C21H17ClN4O4S/c1-30-17-7-16(22)8-19(9-17)31(28,29)18-4-2-13(3-5-18)10-24-21(27)15-6-14-12-25-26-20(14)23-11-15/h2-9,11-12H,10H2,1H3,(H,24,27)(H,23,25,26). The molecular weight excluding hydrogens is 440 g/mol. The maximum absolute atomic E-state index is 12.9. The van der Waals surface area contributed by atoms with E-state index in [1.165, 1.54) is 43.6 Å². The maximum Gasteiger partial charge on any atom is 0.253 e. The molecule has 2 aromatic heterocycles. The predicted molar refractivity (Wildman–Crippen MR) is 115 cm³/mol. The summed E-state index contributed by atoms with van der Waals surface area (Å²) in [7, 11) is -2.33. The number of methoxy groups -OCH3 is 1. The number of rotatable bonds is 6. The SMILES string of the molecule is COc1cc(Cl)cc(S(=O)(=O)c2ccc(CNC(=O)c3cnc4[nH]ncc4c3)cc2)c1. The Hall–Kier alpha value is -3.43. The van der Waals surface area contributed by atoms with Crippen molar-refractivity contribution in [2.45, 2.75) is 16.3 Å². The van der Waals surface area contributed by atoms with E-state index in [1.54, 1.807) is 24.4 Å². The first-order valence-electron chi connectivity index (χ1n) is 9.13. The number of pyridine rings is 1. The summed E-state index contributed by atoms with van der Waals surface area (Å²) in [6.07, 6.45) is 3.05. The van der Waals surface area contributed by atoms with Crippen LogP contribution in [0, 0.1) is 0 Å². The van der Waals surface area contributed by atoms with Crippen LogP contribution in [0.4, 0.5) is 0 Å². The highest BCUT2D eigenvalue weighted by Crippen LogP contribution is 2.28. The van der Waals surface area contributed by atoms with E-state index in [1.807, 2.05) is 0 Å². The molecule has 0 fully saturated rings. The summed E-state index contributed by atoms with van der Waals surface area (Å²) in [6, 6.07) is 12.3. The van der Waals surface area contributed by atoms with E-state index in [4.69, 9.17) is 16.3 Å². The minimum absolute atomic E-state index is 0.0417. The summed E-state index contributed by atoms with van der Waals surface area (Å²) in [6.45, 7) is 0.230. The van der Waals surface area contributed by atoms with Crippen LogP contribution in [0.25, 0.3) is 11.0 Å². The van der Waals surface area contributed by atoms with Crippen molar-refractivity contribution in [3.8, 4) is 5.75 Å². The summed E-state index contributed by atoms with van der Waals surface area (Å²) in [5.74, 6) is 0.0619. The highest BCUT2D eigenvalue weighted by molar-refractivity contribution is 7.91. The fourth-order valence-corrected chi connectivity index (χ4v) is 4.59. The predicted octanol–water partition coefficient (Wildman–Crippen LogP) is 3.38. The average Bonchev–Trinajstić information content (AvgIpc) is 3.25. The van der Waals surface area contributed by atoms with Gasteiger partial charge in [-0.1, -0.05) is 23.7 Å². The lowest BCUT2D eigenvalue weighted by Crippen LogP contribution is -2.22. The van der Waals surface area contributed by atoms with Crippen molar-refractivity contribution in [3.63, 3.8) is 0 Å². The molecule has 0 unspecified atom stereocenters. The van der Waals surface area contributed by atoms with Gasteiger partial charge in [-0.05, 0) is 42.0 Å². The van der Waals surface area contributed by atoms with Crippen LogP contribution in [0.5, 0.6) is 5.75 Å². The molecule has 0 aliphatic rings. The second-order valence-electron chi connectivity index (χ2n) is 6.69. The van der Waals surface area contributed by atoms with E-state index < -0.39 is 9.84 Å². The summed E-state index contributed by atoms with van der Waals surface area (Å²) >= 11 is 6.00. The van der Waals surface area contributed by atoms with Gasteiger partial charge in [0.05, 0.1) is 28.7 Å². The summed E-state index contributed by atoms with van der Waals surface area (Å²) in [5.41, 5.74) is 1.75. The van der Waals surface area contributed by atoms with Crippen molar-refractivity contribution >= 4 is 38.4 Å². The molecule has 4 rings (SSSR count). The topological polar surface area (TPSA) is 114 Å². The van der Waals surface area contributed by atoms with Crippen LogP contribution in [0.3, 0.4) is 0 Å². The highest BCUT2D eigenvalue weighted by Gasteiger charge is 2.19. The van der Waals surface area contributed by atoms with E-state index >= 15 is 0 Å². The van der Waals surface area contributed by atoms with Gasteiger partial charge in [-0.3, -0.25) is 9.89 Å². The Morgan fingerprint density at radius 2 is 1.87 bits per heavy atom. The van der Waals surface area contributed by atoms with Crippen LogP contribution in [0.1, 0.15) is 15.9 Å². The van der Waals surface area contributed by atoms with Crippen LogP contribution in [0.15, 0.2) is 70.7 Å². The minimum atomic E-state index is -3.77. The van der Waals surface area contributed by atoms with Gasteiger partial charge in [-0.2, -0.15) is 5.10 Å². The van der Waals surface area contributed by atoms with Crippen LogP contribution < -0.4 is 10.1 Å². The van der Waals surface area contributed by atoms with E-state index in [9.17, 15) is 13.2 Å². The molecule has 0 radical (unpaired) electrons. The molecule has 2 heterocycles. The Labute approximate surface area is 183 Å². The van der Waals surface area contributed by atoms with Crippen molar-refractivity contribution in [2.24, 2.45) is 0 Å². The number of amides is 1. The number of carbonyl (C=O) groups is 1. The van der Waals surface area contributed by atoms with Crippen LogP contribution >= 0.6 is 11.6 Å². The third-order valence-electron chi connectivity index (χ3n) is 4.63. The zero-order valence-electron chi connectivity index (χ0n) is 16.3. The molecule has 0 saturated heterocycles. The van der Waals surface area contributed by atoms with Crippen molar-refractivity contribution in [3.05, 3.63) is 77.1 Å². The molecular formula is C21H17ClN4O4S. The lowest BCUT2D eigenvalue weighted by atomic mass is 10.2. The van der Waals surface area contributed by atoms with E-state index in [2.05, 4.69) is 20.5 Å². The number of nitrogens with one attached hydrogen (secondary N) is 2. The van der Waals surface area contributed by atoms with Gasteiger partial charge in [0.1, 0.15) is 5.75 Å². The van der Waals surface area contributed by atoms with Gasteiger partial charge in [0.25, 0.3) is 5.91 Å². The molecule has 1 amide bonds. The number of ether oxygens (including phenoxy) is 1. The molecule has 8 nitrogen and oxygen atoms in total. The zero-order valence-corrected chi connectivity index (χ0v) is 17.9. The molecule has 158 valence electrons. The van der Waals surface area contributed by atoms with E-state index in [0.29, 0.717) is 17.0 Å². The van der Waals surface area contributed by atoms with Crippen LogP contribution in [-0.2, 0) is 16.4 Å². The normalized spacial score (nSPS) is 11.4. The fourth-order valence-electron chi connectivity index (χ4n) is 2.98. The molecule has 0 spiro atoms. The number of carbonyl (C=O) groups excluding carboxylic acids is 1. The largest absolute Gasteiger partial charge is 0.497 e. The van der Waals surface area contributed by atoms with Crippen molar-refractivity contribution in [1.29, 1.82) is 0 Å². The van der Waals surface area contributed by atoms with Crippen molar-refractivity contribution in [2.75, 3.05) is 7.11 Å². The molecule has 0 bridgehead atoms. The van der Waals surface area contributed by atoms with Crippen LogP contribution in [0.2, 0.25) is 5.02 Å². The average molecular weight is 457 g/mol. The molecule has 4 aromatic rings. The molecule has 2 aromatic carbocycles. The number of nitrogens with zero attached hydrogens (tertiary/aromatic N) is 2. The fraction of sp³-hybridized carbons (Fsp3) is 0.0952. The minimum Gasteiger partial charge on any atom is -0.497 e. The number of fused-ring (bicyclic) bond motifs is 1. The molecule has 31 heavy (non-hydrogen) atoms. The van der Waals surface area contributed by atoms with Gasteiger partial charge in [0.15, 0.2) is 5.65 Å². The Kier molecular flexibility index (Phi) is 5.62. The van der Waals surface area contributed by atoms with Gasteiger partial charge in [-0.25, -0.2) is 13.4 Å². The second-order valence-corrected chi connectivity index (χ2v) is 9.07. The third kappa shape index (κ3) is 4.37. The second kappa shape index (κ2) is 8.37. The number of halogens is 1. The maximum atomic E-state index is 12.9. The first-order valence-corrected chi connectivity index (χ1v) is 11.0. The smallest absolute Gasteiger partial charge is 0.253 e. The first kappa shape index (κ1) is 20.8. The third-order valence-corrected chi connectivity index (χ3v) is 6.60. The number of benzene rings is 2. The molecule has 0 aliphatic heterocycles. The van der Waals surface area contributed by atoms with Crippen LogP contribution in [-0.4, -0.2) is 36.6 Å². The lowest BCUT2D eigenvalue weighted by molar-refractivity contribution is 0.0950. The number of hydrogen-bond donors (Lipinski definition) is 2. The summed E-state index contributed by atoms with van der Waals surface area (Å²) in [5, 5.41) is 10.4. The zero-order chi connectivity index (χ0) is 22.0. The summed E-state index contributed by atoms with van der Waals surface area (Å²) < 4.78 is 30.9.